The van der Waals surface area contributed by atoms with Crippen LogP contribution < -0.4 is 14.8 Å². The average Bonchev–Trinajstić information content (AvgIpc) is 3.11. The summed E-state index contributed by atoms with van der Waals surface area (Å²) in [5.74, 6) is -0.337. The van der Waals surface area contributed by atoms with E-state index in [2.05, 4.69) is 11.9 Å². The standard InChI is InChI=1S/C40H34F3N3O7S2/c1-23(2)39(47)52-22-27-13-9-12-26(5)38(27)45-29-17-19-31-34(21-29)53-33-20-28(44-37-24(3)10-8-11-25(37)4)16-18-30(33)36(31)32-14-6-7-15-35(32)54(48,49)46-55(50,51)40(41,42)43/h6-21,44,46H,1,22H2,2-5H3/b45-29+. The number of esters is 1. The molecule has 0 unspecified atom stereocenters. The van der Waals surface area contributed by atoms with Crippen molar-refractivity contribution in [3.8, 4) is 22.5 Å². The SMILES string of the molecule is C=C(C)C(=O)OCc1cccc(C)c1/N=c1\ccc2c(-c3ccccc3S(=O)(=O)NS(=O)(=O)C(F)(F)F)c3ccc(Nc4c(C)cccc4C)cc3oc-2c1. The minimum absolute atomic E-state index is 0.0710. The monoisotopic (exact) mass is 789 g/mol. The Morgan fingerprint density at radius 1 is 0.836 bits per heavy atom. The molecule has 4 aromatic rings. The second-order valence-corrected chi connectivity index (χ2v) is 16.4. The Balaban J connectivity index is 1.59. The number of sulfonamides is 2. The number of fused-ring (bicyclic) bond motifs is 2. The largest absolute Gasteiger partial charge is 0.512 e. The Morgan fingerprint density at radius 2 is 1.51 bits per heavy atom. The highest BCUT2D eigenvalue weighted by Crippen LogP contribution is 2.43. The molecule has 2 N–H and O–H groups in total. The molecule has 0 atom stereocenters. The highest BCUT2D eigenvalue weighted by atomic mass is 32.3. The van der Waals surface area contributed by atoms with Crippen LogP contribution in [-0.2, 0) is 36.2 Å². The van der Waals surface area contributed by atoms with E-state index in [0.29, 0.717) is 33.2 Å². The predicted octanol–water partition coefficient (Wildman–Crippen LogP) is 8.85. The third kappa shape index (κ3) is 8.04. The smallest absolute Gasteiger partial charge is 0.457 e. The van der Waals surface area contributed by atoms with Gasteiger partial charge in [0.2, 0.25) is 0 Å². The van der Waals surface area contributed by atoms with Gasteiger partial charge in [-0.1, -0.05) is 65.3 Å². The van der Waals surface area contributed by atoms with Crippen LogP contribution in [0.3, 0.4) is 0 Å². The van der Waals surface area contributed by atoms with Crippen LogP contribution in [0.4, 0.5) is 30.2 Å². The molecule has 284 valence electrons. The summed E-state index contributed by atoms with van der Waals surface area (Å²) >= 11 is 0. The van der Waals surface area contributed by atoms with Gasteiger partial charge in [0.05, 0.1) is 15.9 Å². The molecule has 0 aromatic heterocycles. The molecule has 0 bridgehead atoms. The Hall–Kier alpha value is -5.77. The van der Waals surface area contributed by atoms with Crippen molar-refractivity contribution in [2.45, 2.75) is 44.7 Å². The van der Waals surface area contributed by atoms with E-state index >= 15 is 0 Å². The van der Waals surface area contributed by atoms with Crippen LogP contribution in [0, 0.1) is 20.8 Å². The van der Waals surface area contributed by atoms with E-state index in [9.17, 15) is 34.8 Å². The summed E-state index contributed by atoms with van der Waals surface area (Å²) in [6.07, 6.45) is 0. The first-order chi connectivity index (χ1) is 25.9. The minimum atomic E-state index is -6.29. The van der Waals surface area contributed by atoms with E-state index in [1.54, 1.807) is 48.5 Å². The van der Waals surface area contributed by atoms with Crippen LogP contribution in [0.15, 0.2) is 124 Å². The average molecular weight is 790 g/mol. The van der Waals surface area contributed by atoms with Gasteiger partial charge in [-0.05, 0) is 74.7 Å². The molecule has 1 aliphatic carbocycles. The molecule has 55 heavy (non-hydrogen) atoms. The van der Waals surface area contributed by atoms with Gasteiger partial charge < -0.3 is 14.5 Å². The summed E-state index contributed by atoms with van der Waals surface area (Å²) in [5, 5.41) is 4.19. The Kier molecular flexibility index (Phi) is 10.5. The predicted molar refractivity (Wildman–Crippen MR) is 204 cm³/mol. The number of alkyl halides is 3. The number of rotatable bonds is 10. The van der Waals surface area contributed by atoms with Gasteiger partial charge in [0, 0.05) is 56.7 Å². The molecular weight excluding hydrogens is 756 g/mol. The van der Waals surface area contributed by atoms with Crippen molar-refractivity contribution in [3.63, 3.8) is 0 Å². The number of anilines is 2. The molecule has 0 fully saturated rings. The first kappa shape index (κ1) is 38.9. The Morgan fingerprint density at radius 3 is 2.20 bits per heavy atom. The van der Waals surface area contributed by atoms with E-state index in [1.807, 2.05) is 45.0 Å². The number of hydrogen-bond acceptors (Lipinski definition) is 9. The number of halogens is 3. The van der Waals surface area contributed by atoms with Crippen molar-refractivity contribution in [1.29, 1.82) is 0 Å². The zero-order chi connectivity index (χ0) is 39.9. The third-order valence-corrected chi connectivity index (χ3v) is 12.0. The quantitative estimate of drug-likeness (QED) is 0.0796. The summed E-state index contributed by atoms with van der Waals surface area (Å²) in [6.45, 7) is 10.8. The molecule has 10 nitrogen and oxygen atoms in total. The number of aryl methyl sites for hydroxylation is 3. The molecule has 0 amide bonds. The molecule has 15 heteroatoms. The van der Waals surface area contributed by atoms with Crippen molar-refractivity contribution in [2.75, 3.05) is 5.32 Å². The lowest BCUT2D eigenvalue weighted by Crippen LogP contribution is -2.40. The maximum Gasteiger partial charge on any atom is 0.512 e. The second kappa shape index (κ2) is 14.8. The number of nitrogens with one attached hydrogen (secondary N) is 2. The molecular formula is C40H34F3N3O7S2. The van der Waals surface area contributed by atoms with Crippen molar-refractivity contribution in [2.24, 2.45) is 4.99 Å². The lowest BCUT2D eigenvalue weighted by molar-refractivity contribution is -0.140. The first-order valence-corrected chi connectivity index (χ1v) is 19.6. The Bertz CT molecular complexity index is 2760. The van der Waals surface area contributed by atoms with Gasteiger partial charge in [-0.25, -0.2) is 26.6 Å². The van der Waals surface area contributed by atoms with E-state index < -0.39 is 36.4 Å². The van der Waals surface area contributed by atoms with Crippen LogP contribution in [-0.4, -0.2) is 28.3 Å². The minimum Gasteiger partial charge on any atom is -0.457 e. The van der Waals surface area contributed by atoms with E-state index in [4.69, 9.17) is 14.1 Å². The molecule has 0 saturated carbocycles. The van der Waals surface area contributed by atoms with Crippen LogP contribution in [0.1, 0.15) is 29.2 Å². The second-order valence-electron chi connectivity index (χ2n) is 12.8. The van der Waals surface area contributed by atoms with Gasteiger partial charge in [-0.3, -0.25) is 0 Å². The number of nitrogens with zero attached hydrogens (tertiary/aromatic N) is 1. The van der Waals surface area contributed by atoms with Crippen LogP contribution in [0.2, 0.25) is 0 Å². The van der Waals surface area contributed by atoms with Gasteiger partial charge >= 0.3 is 21.5 Å². The maximum atomic E-state index is 13.5. The molecule has 0 saturated heterocycles. The fourth-order valence-corrected chi connectivity index (χ4v) is 8.62. The number of ether oxygens (including phenoxy) is 1. The zero-order valence-corrected chi connectivity index (χ0v) is 31.5. The summed E-state index contributed by atoms with van der Waals surface area (Å²) in [6, 6.07) is 26.4. The number of hydrogen-bond donors (Lipinski definition) is 2. The molecule has 2 aliphatic rings. The van der Waals surface area contributed by atoms with E-state index in [-0.39, 0.29) is 34.7 Å². The van der Waals surface area contributed by atoms with E-state index in [0.717, 1.165) is 32.6 Å². The normalized spacial score (nSPS) is 12.6. The summed E-state index contributed by atoms with van der Waals surface area (Å²) in [7, 11) is -11.6. The molecule has 4 aromatic carbocycles. The summed E-state index contributed by atoms with van der Waals surface area (Å²) in [5.41, 5.74) is 0.502. The van der Waals surface area contributed by atoms with Gasteiger partial charge in [0.15, 0.2) is 0 Å². The van der Waals surface area contributed by atoms with Crippen molar-refractivity contribution >= 4 is 54.0 Å². The van der Waals surface area contributed by atoms with Crippen molar-refractivity contribution < 1.29 is 44.0 Å². The van der Waals surface area contributed by atoms with Crippen LogP contribution in [0.5, 0.6) is 0 Å². The fourth-order valence-electron chi connectivity index (χ4n) is 6.01. The van der Waals surface area contributed by atoms with Gasteiger partial charge in [0.1, 0.15) is 18.0 Å². The first-order valence-electron chi connectivity index (χ1n) is 16.6. The number of carbonyl (C=O) groups excluding carboxylic acids is 1. The molecule has 1 heterocycles. The van der Waals surface area contributed by atoms with Gasteiger partial charge in [-0.15, -0.1) is 0 Å². The number of para-hydroxylation sites is 2. The lowest BCUT2D eigenvalue weighted by Gasteiger charge is -2.19. The number of benzene rings is 5. The topological polar surface area (TPSA) is 144 Å². The lowest BCUT2D eigenvalue weighted by atomic mass is 9.93. The van der Waals surface area contributed by atoms with Gasteiger partial charge in [0.25, 0.3) is 10.0 Å². The molecule has 1 aliphatic heterocycles. The third-order valence-electron chi connectivity index (χ3n) is 8.70. The summed E-state index contributed by atoms with van der Waals surface area (Å²) in [4.78, 5) is 16.3. The van der Waals surface area contributed by atoms with Crippen molar-refractivity contribution in [1.82, 2.24) is 4.13 Å². The number of carbonyl (C=O) groups is 1. The molecule has 6 rings (SSSR count). The zero-order valence-electron chi connectivity index (χ0n) is 29.9. The Labute approximate surface area is 315 Å². The van der Waals surface area contributed by atoms with E-state index in [1.165, 1.54) is 25.1 Å². The highest BCUT2D eigenvalue weighted by Gasteiger charge is 2.48. The fraction of sp³-hybridized carbons (Fsp3) is 0.150. The summed E-state index contributed by atoms with van der Waals surface area (Å²) < 4.78 is 104. The van der Waals surface area contributed by atoms with Gasteiger partial charge in [-0.2, -0.15) is 13.2 Å². The van der Waals surface area contributed by atoms with Crippen LogP contribution >= 0.6 is 0 Å². The molecule has 0 spiro atoms. The van der Waals surface area contributed by atoms with Crippen molar-refractivity contribution in [3.05, 3.63) is 137 Å². The molecule has 0 radical (unpaired) electrons. The highest BCUT2D eigenvalue weighted by molar-refractivity contribution is 8.05. The van der Waals surface area contributed by atoms with Crippen LogP contribution in [0.25, 0.3) is 33.4 Å². The maximum absolute atomic E-state index is 13.5.